The first kappa shape index (κ1) is 14.1. The van der Waals surface area contributed by atoms with Gasteiger partial charge in [-0.15, -0.1) is 0 Å². The molecule has 1 atom stereocenters. The molecule has 2 aromatic rings. The van der Waals surface area contributed by atoms with E-state index in [2.05, 4.69) is 18.8 Å². The first-order chi connectivity index (χ1) is 8.99. The van der Waals surface area contributed by atoms with Gasteiger partial charge < -0.3 is 10.3 Å². The van der Waals surface area contributed by atoms with Crippen LogP contribution in [-0.4, -0.2) is 9.55 Å². The maximum atomic E-state index is 6.31. The second kappa shape index (κ2) is 5.76. The van der Waals surface area contributed by atoms with E-state index in [9.17, 15) is 0 Å². The standard InChI is InChI=1S/C15H20ClN3/c1-10(2)6-13(17)15-8-18-9-19(15)14-5-4-11(3)7-12(14)16/h4-5,7-10,13H,6,17H2,1-3H3. The molecule has 1 heterocycles. The van der Waals surface area contributed by atoms with Gasteiger partial charge in [0.05, 0.1) is 28.9 Å². The van der Waals surface area contributed by atoms with Crippen molar-refractivity contribution in [2.45, 2.75) is 33.2 Å². The summed E-state index contributed by atoms with van der Waals surface area (Å²) in [6, 6.07) is 5.97. The molecule has 0 aliphatic carbocycles. The number of hydrogen-bond acceptors (Lipinski definition) is 2. The largest absolute Gasteiger partial charge is 0.323 e. The summed E-state index contributed by atoms with van der Waals surface area (Å²) in [5.74, 6) is 0.548. The average molecular weight is 278 g/mol. The van der Waals surface area contributed by atoms with E-state index in [1.54, 1.807) is 6.33 Å². The van der Waals surface area contributed by atoms with Crippen molar-refractivity contribution in [1.29, 1.82) is 0 Å². The molecule has 0 fully saturated rings. The molecule has 4 heteroatoms. The maximum Gasteiger partial charge on any atom is 0.0995 e. The molecule has 2 rings (SSSR count). The van der Waals surface area contributed by atoms with Gasteiger partial charge in [0.15, 0.2) is 0 Å². The lowest BCUT2D eigenvalue weighted by Crippen LogP contribution is -2.16. The summed E-state index contributed by atoms with van der Waals surface area (Å²) in [6.07, 6.45) is 4.52. The molecule has 0 amide bonds. The van der Waals surface area contributed by atoms with Crippen molar-refractivity contribution >= 4 is 11.6 Å². The Morgan fingerprint density at radius 2 is 2.11 bits per heavy atom. The number of rotatable bonds is 4. The molecule has 0 aliphatic heterocycles. The first-order valence-corrected chi connectivity index (χ1v) is 6.91. The van der Waals surface area contributed by atoms with Gasteiger partial charge in [-0.25, -0.2) is 4.98 Å². The average Bonchev–Trinajstić information content (AvgIpc) is 2.76. The summed E-state index contributed by atoms with van der Waals surface area (Å²) in [5.41, 5.74) is 9.32. The van der Waals surface area contributed by atoms with Crippen molar-refractivity contribution in [1.82, 2.24) is 9.55 Å². The molecule has 1 unspecified atom stereocenters. The fourth-order valence-corrected chi connectivity index (χ4v) is 2.54. The van der Waals surface area contributed by atoms with Crippen molar-refractivity contribution in [2.75, 3.05) is 0 Å². The number of benzene rings is 1. The summed E-state index contributed by atoms with van der Waals surface area (Å²) in [4.78, 5) is 4.21. The van der Waals surface area contributed by atoms with Crippen LogP contribution in [0.25, 0.3) is 5.69 Å². The first-order valence-electron chi connectivity index (χ1n) is 6.53. The molecule has 0 spiro atoms. The van der Waals surface area contributed by atoms with Crippen LogP contribution >= 0.6 is 11.6 Å². The molecule has 3 nitrogen and oxygen atoms in total. The van der Waals surface area contributed by atoms with E-state index in [0.717, 1.165) is 28.4 Å². The highest BCUT2D eigenvalue weighted by molar-refractivity contribution is 6.32. The van der Waals surface area contributed by atoms with Gasteiger partial charge in [0.2, 0.25) is 0 Å². The monoisotopic (exact) mass is 277 g/mol. The van der Waals surface area contributed by atoms with E-state index in [1.165, 1.54) is 0 Å². The van der Waals surface area contributed by atoms with Crippen molar-refractivity contribution in [3.8, 4) is 5.69 Å². The zero-order valence-corrected chi connectivity index (χ0v) is 12.4. The number of imidazole rings is 1. The molecule has 1 aromatic carbocycles. The van der Waals surface area contributed by atoms with E-state index >= 15 is 0 Å². The minimum atomic E-state index is -0.0279. The topological polar surface area (TPSA) is 43.8 Å². The van der Waals surface area contributed by atoms with Crippen LogP contribution in [0.15, 0.2) is 30.7 Å². The lowest BCUT2D eigenvalue weighted by Gasteiger charge is -2.17. The van der Waals surface area contributed by atoms with E-state index < -0.39 is 0 Å². The molecular formula is C15H20ClN3. The minimum Gasteiger partial charge on any atom is -0.323 e. The van der Waals surface area contributed by atoms with Crippen LogP contribution in [-0.2, 0) is 0 Å². The van der Waals surface area contributed by atoms with Gasteiger partial charge in [0, 0.05) is 6.04 Å². The maximum absolute atomic E-state index is 6.31. The Bertz CT molecular complexity index is 560. The van der Waals surface area contributed by atoms with E-state index in [4.69, 9.17) is 17.3 Å². The lowest BCUT2D eigenvalue weighted by molar-refractivity contribution is 0.498. The van der Waals surface area contributed by atoms with Crippen molar-refractivity contribution in [2.24, 2.45) is 11.7 Å². The van der Waals surface area contributed by atoms with Gasteiger partial charge in [-0.2, -0.15) is 0 Å². The van der Waals surface area contributed by atoms with Crippen molar-refractivity contribution in [3.63, 3.8) is 0 Å². The van der Waals surface area contributed by atoms with Crippen LogP contribution < -0.4 is 5.73 Å². The summed E-state index contributed by atoms with van der Waals surface area (Å²) in [7, 11) is 0. The number of halogens is 1. The fraction of sp³-hybridized carbons (Fsp3) is 0.400. The fourth-order valence-electron chi connectivity index (χ4n) is 2.22. The van der Waals surface area contributed by atoms with Crippen LogP contribution in [0, 0.1) is 12.8 Å². The summed E-state index contributed by atoms with van der Waals surface area (Å²) >= 11 is 6.31. The highest BCUT2D eigenvalue weighted by Gasteiger charge is 2.15. The van der Waals surface area contributed by atoms with Gasteiger partial charge >= 0.3 is 0 Å². The Hall–Kier alpha value is -1.32. The Balaban J connectivity index is 2.38. The van der Waals surface area contributed by atoms with Crippen LogP contribution in [0.5, 0.6) is 0 Å². The highest BCUT2D eigenvalue weighted by atomic mass is 35.5. The molecule has 0 aliphatic rings. The Morgan fingerprint density at radius 1 is 1.37 bits per heavy atom. The normalized spacial score (nSPS) is 12.9. The molecule has 19 heavy (non-hydrogen) atoms. The summed E-state index contributed by atoms with van der Waals surface area (Å²) in [6.45, 7) is 6.35. The van der Waals surface area contributed by atoms with Crippen LogP contribution in [0.2, 0.25) is 5.02 Å². The number of aryl methyl sites for hydroxylation is 1. The smallest absolute Gasteiger partial charge is 0.0995 e. The van der Waals surface area contributed by atoms with E-state index in [0.29, 0.717) is 5.92 Å². The molecule has 1 aromatic heterocycles. The molecule has 0 saturated heterocycles. The Kier molecular flexibility index (Phi) is 4.27. The minimum absolute atomic E-state index is 0.0279. The molecule has 0 radical (unpaired) electrons. The molecule has 0 saturated carbocycles. The van der Waals surface area contributed by atoms with Gasteiger partial charge in [-0.05, 0) is 37.0 Å². The Labute approximate surface area is 119 Å². The number of aromatic nitrogens is 2. The van der Waals surface area contributed by atoms with Crippen LogP contribution in [0.4, 0.5) is 0 Å². The third-order valence-corrected chi connectivity index (χ3v) is 3.44. The van der Waals surface area contributed by atoms with Gasteiger partial charge in [-0.1, -0.05) is 31.5 Å². The van der Waals surface area contributed by atoms with Crippen LogP contribution in [0.1, 0.15) is 37.6 Å². The zero-order chi connectivity index (χ0) is 14.0. The molecule has 0 bridgehead atoms. The second-order valence-electron chi connectivity index (χ2n) is 5.38. The van der Waals surface area contributed by atoms with Gasteiger partial charge in [0.1, 0.15) is 0 Å². The van der Waals surface area contributed by atoms with Gasteiger partial charge in [0.25, 0.3) is 0 Å². The third kappa shape index (κ3) is 3.17. The molecule has 102 valence electrons. The van der Waals surface area contributed by atoms with Gasteiger partial charge in [-0.3, -0.25) is 0 Å². The van der Waals surface area contributed by atoms with Crippen molar-refractivity contribution in [3.05, 3.63) is 47.0 Å². The quantitative estimate of drug-likeness (QED) is 0.922. The predicted octanol–water partition coefficient (Wildman–Crippen LogP) is 3.88. The lowest BCUT2D eigenvalue weighted by atomic mass is 10.0. The van der Waals surface area contributed by atoms with Crippen LogP contribution in [0.3, 0.4) is 0 Å². The van der Waals surface area contributed by atoms with Crippen molar-refractivity contribution < 1.29 is 0 Å². The molecule has 2 N–H and O–H groups in total. The zero-order valence-electron chi connectivity index (χ0n) is 11.6. The Morgan fingerprint density at radius 3 is 2.74 bits per heavy atom. The highest BCUT2D eigenvalue weighted by Crippen LogP contribution is 2.26. The number of hydrogen-bond donors (Lipinski definition) is 1. The summed E-state index contributed by atoms with van der Waals surface area (Å²) < 4.78 is 1.98. The van der Waals surface area contributed by atoms with E-state index in [1.807, 2.05) is 35.9 Å². The molecular weight excluding hydrogens is 258 g/mol. The van der Waals surface area contributed by atoms with E-state index in [-0.39, 0.29) is 6.04 Å². The second-order valence-corrected chi connectivity index (χ2v) is 5.79. The SMILES string of the molecule is Cc1ccc(-n2cncc2C(N)CC(C)C)c(Cl)c1. The number of nitrogens with zero attached hydrogens (tertiary/aromatic N) is 2. The predicted molar refractivity (Wildman–Crippen MR) is 79.7 cm³/mol. The number of nitrogens with two attached hydrogens (primary N) is 1. The summed E-state index contributed by atoms with van der Waals surface area (Å²) in [5, 5.41) is 0.719. The third-order valence-electron chi connectivity index (χ3n) is 3.14.